The molecule has 0 bridgehead atoms. The fourth-order valence-electron chi connectivity index (χ4n) is 2.94. The molecule has 3 aromatic rings. The zero-order valence-corrected chi connectivity index (χ0v) is 14.2. The maximum Gasteiger partial charge on any atom is 0.163 e. The Morgan fingerprint density at radius 1 is 1.08 bits per heavy atom. The van der Waals surface area contributed by atoms with E-state index in [0.717, 1.165) is 22.8 Å². The maximum atomic E-state index is 6.46. The Morgan fingerprint density at radius 2 is 1.83 bits per heavy atom. The third kappa shape index (κ3) is 2.51. The smallest absolute Gasteiger partial charge is 0.163 e. The summed E-state index contributed by atoms with van der Waals surface area (Å²) in [7, 11) is 0. The number of hydrogen-bond acceptors (Lipinski definition) is 4. The SMILES string of the molecule is NC1c2c[nH]nc2N(c2ccccc2Cl)CN1c1ccc(Cl)cc1. The standard InChI is InChI=1S/C17H15Cl2N5/c18-11-5-7-12(8-6-11)23-10-24(15-4-2-1-3-14(15)19)17-13(16(23)20)9-21-22-17/h1-9,16H,10,20H2,(H,21,22). The van der Waals surface area contributed by atoms with E-state index in [2.05, 4.69) is 15.1 Å². The highest BCUT2D eigenvalue weighted by molar-refractivity contribution is 6.33. The quantitative estimate of drug-likeness (QED) is 0.716. The molecule has 0 fully saturated rings. The van der Waals surface area contributed by atoms with Crippen LogP contribution in [0.4, 0.5) is 17.2 Å². The van der Waals surface area contributed by atoms with Gasteiger partial charge < -0.3 is 15.5 Å². The van der Waals surface area contributed by atoms with Crippen LogP contribution in [0.25, 0.3) is 0 Å². The van der Waals surface area contributed by atoms with Gasteiger partial charge >= 0.3 is 0 Å². The Balaban J connectivity index is 1.80. The highest BCUT2D eigenvalue weighted by atomic mass is 35.5. The lowest BCUT2D eigenvalue weighted by Crippen LogP contribution is -2.46. The maximum absolute atomic E-state index is 6.46. The molecular weight excluding hydrogens is 345 g/mol. The van der Waals surface area contributed by atoms with Crippen molar-refractivity contribution in [1.29, 1.82) is 0 Å². The summed E-state index contributed by atoms with van der Waals surface area (Å²) in [6, 6.07) is 15.3. The number of aromatic nitrogens is 2. The number of benzene rings is 2. The number of hydrogen-bond donors (Lipinski definition) is 2. The summed E-state index contributed by atoms with van der Waals surface area (Å²) >= 11 is 12.4. The van der Waals surface area contributed by atoms with Crippen molar-refractivity contribution >= 4 is 40.4 Å². The molecule has 7 heteroatoms. The zero-order valence-electron chi connectivity index (χ0n) is 12.7. The molecular formula is C17H15Cl2N5. The minimum atomic E-state index is -0.307. The summed E-state index contributed by atoms with van der Waals surface area (Å²) in [5, 5.41) is 8.63. The molecule has 1 aliphatic heterocycles. The number of rotatable bonds is 2. The Hall–Kier alpha value is -2.21. The first-order valence-electron chi connectivity index (χ1n) is 7.48. The minimum Gasteiger partial charge on any atom is -0.334 e. The summed E-state index contributed by atoms with van der Waals surface area (Å²) in [6.45, 7) is 0.532. The molecule has 1 unspecified atom stereocenters. The summed E-state index contributed by atoms with van der Waals surface area (Å²) in [6.07, 6.45) is 1.52. The number of halogens is 2. The van der Waals surface area contributed by atoms with Crippen LogP contribution in [0.15, 0.2) is 54.7 Å². The fraction of sp³-hybridized carbons (Fsp3) is 0.118. The van der Waals surface area contributed by atoms with Gasteiger partial charge in [-0.15, -0.1) is 0 Å². The molecule has 4 rings (SSSR count). The lowest BCUT2D eigenvalue weighted by Gasteiger charge is -2.41. The molecule has 1 aromatic heterocycles. The molecule has 1 aliphatic rings. The van der Waals surface area contributed by atoms with Crippen LogP contribution in [0.1, 0.15) is 11.7 Å². The average Bonchev–Trinajstić information content (AvgIpc) is 3.08. The largest absolute Gasteiger partial charge is 0.334 e. The van der Waals surface area contributed by atoms with Gasteiger partial charge in [-0.3, -0.25) is 5.10 Å². The Kier molecular flexibility index (Phi) is 3.84. The summed E-state index contributed by atoms with van der Waals surface area (Å²) in [5.74, 6) is 0.792. The van der Waals surface area contributed by atoms with E-state index in [1.54, 1.807) is 0 Å². The van der Waals surface area contributed by atoms with E-state index in [1.807, 2.05) is 59.6 Å². The van der Waals surface area contributed by atoms with Crippen LogP contribution in [0.5, 0.6) is 0 Å². The van der Waals surface area contributed by atoms with Crippen LogP contribution in [-0.4, -0.2) is 16.9 Å². The summed E-state index contributed by atoms with van der Waals surface area (Å²) in [5.41, 5.74) is 9.24. The van der Waals surface area contributed by atoms with E-state index >= 15 is 0 Å². The molecule has 1 atom stereocenters. The van der Waals surface area contributed by atoms with Crippen LogP contribution in [-0.2, 0) is 0 Å². The summed E-state index contributed by atoms with van der Waals surface area (Å²) in [4.78, 5) is 4.13. The number of aromatic amines is 1. The molecule has 0 radical (unpaired) electrons. The third-order valence-corrected chi connectivity index (χ3v) is 4.73. The molecule has 2 aromatic carbocycles. The van der Waals surface area contributed by atoms with Gasteiger partial charge in [-0.1, -0.05) is 35.3 Å². The molecule has 0 saturated heterocycles. The number of nitrogens with one attached hydrogen (secondary N) is 1. The second kappa shape index (κ2) is 6.02. The normalized spacial score (nSPS) is 17.0. The predicted octanol–water partition coefficient (Wildman–Crippen LogP) is 4.29. The third-order valence-electron chi connectivity index (χ3n) is 4.15. The molecule has 2 heterocycles. The number of H-pyrrole nitrogens is 1. The zero-order chi connectivity index (χ0) is 16.7. The molecule has 24 heavy (non-hydrogen) atoms. The number of nitrogens with zero attached hydrogens (tertiary/aromatic N) is 3. The monoisotopic (exact) mass is 359 g/mol. The second-order valence-electron chi connectivity index (χ2n) is 5.58. The second-order valence-corrected chi connectivity index (χ2v) is 6.42. The van der Waals surface area contributed by atoms with Crippen LogP contribution < -0.4 is 15.5 Å². The average molecular weight is 360 g/mol. The van der Waals surface area contributed by atoms with Crippen LogP contribution in [0.2, 0.25) is 10.0 Å². The highest BCUT2D eigenvalue weighted by Crippen LogP contribution is 2.40. The van der Waals surface area contributed by atoms with Crippen LogP contribution >= 0.6 is 23.2 Å². The lowest BCUT2D eigenvalue weighted by atomic mass is 10.1. The molecule has 0 saturated carbocycles. The van der Waals surface area contributed by atoms with E-state index in [0.29, 0.717) is 16.7 Å². The van der Waals surface area contributed by atoms with Gasteiger partial charge in [0.15, 0.2) is 5.82 Å². The minimum absolute atomic E-state index is 0.307. The molecule has 122 valence electrons. The van der Waals surface area contributed by atoms with E-state index < -0.39 is 0 Å². The fourth-order valence-corrected chi connectivity index (χ4v) is 3.30. The van der Waals surface area contributed by atoms with Crippen molar-refractivity contribution in [2.45, 2.75) is 6.17 Å². The number of fused-ring (bicyclic) bond motifs is 1. The summed E-state index contributed by atoms with van der Waals surface area (Å²) < 4.78 is 0. The van der Waals surface area contributed by atoms with Crippen molar-refractivity contribution in [3.63, 3.8) is 0 Å². The van der Waals surface area contributed by atoms with Gasteiger partial charge in [0.1, 0.15) is 6.17 Å². The number of nitrogens with two attached hydrogens (primary N) is 1. The van der Waals surface area contributed by atoms with Gasteiger partial charge in [0.05, 0.1) is 22.9 Å². The first kappa shape index (κ1) is 15.3. The van der Waals surface area contributed by atoms with Gasteiger partial charge in [0.2, 0.25) is 0 Å². The van der Waals surface area contributed by atoms with Gasteiger partial charge in [-0.05, 0) is 36.4 Å². The topological polar surface area (TPSA) is 61.2 Å². The number of anilines is 3. The number of para-hydroxylation sites is 1. The van der Waals surface area contributed by atoms with Gasteiger partial charge in [-0.25, -0.2) is 0 Å². The van der Waals surface area contributed by atoms with Crippen molar-refractivity contribution in [2.24, 2.45) is 5.73 Å². The Morgan fingerprint density at radius 3 is 2.58 bits per heavy atom. The van der Waals surface area contributed by atoms with Crippen molar-refractivity contribution in [2.75, 3.05) is 16.5 Å². The molecule has 0 aliphatic carbocycles. The molecule has 0 amide bonds. The van der Waals surface area contributed by atoms with E-state index in [9.17, 15) is 0 Å². The van der Waals surface area contributed by atoms with Crippen LogP contribution in [0, 0.1) is 0 Å². The van der Waals surface area contributed by atoms with Gasteiger partial charge in [0, 0.05) is 16.9 Å². The highest BCUT2D eigenvalue weighted by Gasteiger charge is 2.32. The Labute approximate surface area is 149 Å². The van der Waals surface area contributed by atoms with E-state index in [4.69, 9.17) is 28.9 Å². The molecule has 5 nitrogen and oxygen atoms in total. The van der Waals surface area contributed by atoms with Crippen molar-refractivity contribution < 1.29 is 0 Å². The Bertz CT molecular complexity index is 861. The first-order chi connectivity index (χ1) is 11.6. The lowest BCUT2D eigenvalue weighted by molar-refractivity contribution is 0.617. The van der Waals surface area contributed by atoms with E-state index in [1.165, 1.54) is 0 Å². The van der Waals surface area contributed by atoms with Crippen molar-refractivity contribution in [3.05, 3.63) is 70.3 Å². The van der Waals surface area contributed by atoms with Crippen LogP contribution in [0.3, 0.4) is 0 Å². The van der Waals surface area contributed by atoms with Gasteiger partial charge in [-0.2, -0.15) is 5.10 Å². The van der Waals surface area contributed by atoms with Gasteiger partial charge in [0.25, 0.3) is 0 Å². The van der Waals surface area contributed by atoms with E-state index in [-0.39, 0.29) is 6.17 Å². The first-order valence-corrected chi connectivity index (χ1v) is 8.24. The van der Waals surface area contributed by atoms with Crippen molar-refractivity contribution in [3.8, 4) is 0 Å². The van der Waals surface area contributed by atoms with Crippen molar-refractivity contribution in [1.82, 2.24) is 10.2 Å². The predicted molar refractivity (Wildman–Crippen MR) is 97.9 cm³/mol. The molecule has 3 N–H and O–H groups in total. The molecule has 0 spiro atoms.